The molecule has 0 saturated heterocycles. The Balaban J connectivity index is 1.97. The number of aromatic nitrogens is 3. The Morgan fingerprint density at radius 2 is 2.11 bits per heavy atom. The molecule has 0 aliphatic carbocycles. The second-order valence-electron chi connectivity index (χ2n) is 3.87. The monoisotopic (exact) mass is 240 g/mol. The molecule has 90 valence electrons. The van der Waals surface area contributed by atoms with Gasteiger partial charge in [0.15, 0.2) is 12.0 Å². The summed E-state index contributed by atoms with van der Waals surface area (Å²) < 4.78 is 5.27. The number of anilines is 1. The molecule has 0 amide bonds. The molecule has 3 rings (SSSR count). The van der Waals surface area contributed by atoms with E-state index in [4.69, 9.17) is 4.42 Å². The van der Waals surface area contributed by atoms with Crippen LogP contribution in [-0.2, 0) is 0 Å². The molecular formula is C13H12N4O. The molecule has 0 aliphatic rings. The van der Waals surface area contributed by atoms with Gasteiger partial charge in [-0.05, 0) is 31.2 Å². The van der Waals surface area contributed by atoms with Crippen molar-refractivity contribution in [2.45, 2.75) is 6.92 Å². The molecule has 18 heavy (non-hydrogen) atoms. The number of fused-ring (bicyclic) bond motifs is 1. The second kappa shape index (κ2) is 4.44. The minimum Gasteiger partial charge on any atom is -0.443 e. The predicted molar refractivity (Wildman–Crippen MR) is 69.2 cm³/mol. The molecule has 0 bridgehead atoms. The van der Waals surface area contributed by atoms with E-state index in [2.05, 4.69) is 20.5 Å². The highest BCUT2D eigenvalue weighted by molar-refractivity contribution is 5.78. The van der Waals surface area contributed by atoms with Gasteiger partial charge in [0.1, 0.15) is 11.3 Å². The molecule has 0 aliphatic heterocycles. The van der Waals surface area contributed by atoms with Crippen molar-refractivity contribution in [2.75, 3.05) is 11.9 Å². The van der Waals surface area contributed by atoms with E-state index >= 15 is 0 Å². The van der Waals surface area contributed by atoms with Crippen LogP contribution in [0.5, 0.6) is 0 Å². The fraction of sp³-hybridized carbons (Fsp3) is 0.154. The smallest absolute Gasteiger partial charge is 0.181 e. The fourth-order valence-corrected chi connectivity index (χ4v) is 1.78. The third-order valence-electron chi connectivity index (χ3n) is 2.65. The number of hydrogen-bond acceptors (Lipinski definition) is 5. The van der Waals surface area contributed by atoms with Crippen molar-refractivity contribution in [3.05, 3.63) is 36.7 Å². The molecule has 0 radical (unpaired) electrons. The molecule has 0 spiro atoms. The Kier molecular flexibility index (Phi) is 2.64. The van der Waals surface area contributed by atoms with E-state index in [1.165, 1.54) is 6.39 Å². The summed E-state index contributed by atoms with van der Waals surface area (Å²) in [5.41, 5.74) is 3.38. The first-order valence-corrected chi connectivity index (χ1v) is 5.78. The van der Waals surface area contributed by atoms with Gasteiger partial charge in [-0.3, -0.25) is 0 Å². The molecule has 1 N–H and O–H groups in total. The summed E-state index contributed by atoms with van der Waals surface area (Å²) in [6.45, 7) is 2.85. The van der Waals surface area contributed by atoms with Gasteiger partial charge in [0, 0.05) is 12.1 Å². The molecule has 1 aromatic carbocycles. The van der Waals surface area contributed by atoms with Crippen molar-refractivity contribution >= 4 is 16.9 Å². The van der Waals surface area contributed by atoms with Gasteiger partial charge in [-0.2, -0.15) is 0 Å². The highest BCUT2D eigenvalue weighted by Crippen LogP contribution is 2.22. The minimum absolute atomic E-state index is 0.755. The summed E-state index contributed by atoms with van der Waals surface area (Å²) in [7, 11) is 0. The number of benzene rings is 1. The molecule has 0 fully saturated rings. The van der Waals surface area contributed by atoms with Crippen molar-refractivity contribution in [2.24, 2.45) is 0 Å². The molecule has 5 heteroatoms. The Hall–Kier alpha value is -2.43. The summed E-state index contributed by atoms with van der Waals surface area (Å²) in [6.07, 6.45) is 1.44. The Bertz CT molecular complexity index is 660. The first-order valence-electron chi connectivity index (χ1n) is 5.78. The molecular weight excluding hydrogens is 228 g/mol. The van der Waals surface area contributed by atoms with Crippen LogP contribution in [0.4, 0.5) is 5.82 Å². The number of oxazole rings is 1. The van der Waals surface area contributed by atoms with Gasteiger partial charge < -0.3 is 9.73 Å². The minimum atomic E-state index is 0.755. The van der Waals surface area contributed by atoms with E-state index in [0.717, 1.165) is 34.7 Å². The van der Waals surface area contributed by atoms with Crippen LogP contribution in [0.15, 0.2) is 41.1 Å². The molecule has 0 unspecified atom stereocenters. The summed E-state index contributed by atoms with van der Waals surface area (Å²) in [5, 5.41) is 11.4. The zero-order valence-corrected chi connectivity index (χ0v) is 9.92. The topological polar surface area (TPSA) is 63.8 Å². The van der Waals surface area contributed by atoms with Gasteiger partial charge in [-0.25, -0.2) is 4.98 Å². The van der Waals surface area contributed by atoms with Crippen molar-refractivity contribution in [1.29, 1.82) is 0 Å². The predicted octanol–water partition coefficient (Wildman–Crippen LogP) is 2.72. The third kappa shape index (κ3) is 1.90. The van der Waals surface area contributed by atoms with Crippen LogP contribution in [-0.4, -0.2) is 21.7 Å². The average Bonchev–Trinajstić information content (AvgIpc) is 2.87. The lowest BCUT2D eigenvalue weighted by atomic mass is 10.1. The van der Waals surface area contributed by atoms with Crippen LogP contribution in [0.1, 0.15) is 6.92 Å². The van der Waals surface area contributed by atoms with Crippen LogP contribution in [0.25, 0.3) is 22.4 Å². The molecule has 0 saturated carbocycles. The van der Waals surface area contributed by atoms with E-state index in [1.54, 1.807) is 0 Å². The maximum atomic E-state index is 5.27. The van der Waals surface area contributed by atoms with Crippen molar-refractivity contribution < 1.29 is 4.42 Å². The lowest BCUT2D eigenvalue weighted by molar-refractivity contribution is 0.602. The van der Waals surface area contributed by atoms with E-state index < -0.39 is 0 Å². The second-order valence-corrected chi connectivity index (χ2v) is 3.87. The standard InChI is InChI=1S/C13H12N4O/c1-2-14-13-6-5-10(16-17-13)9-3-4-11-12(7-9)18-8-15-11/h3-8H,2H2,1H3,(H,14,17). The van der Waals surface area contributed by atoms with Gasteiger partial charge in [0.2, 0.25) is 0 Å². The van der Waals surface area contributed by atoms with Crippen molar-refractivity contribution in [3.8, 4) is 11.3 Å². The highest BCUT2D eigenvalue weighted by atomic mass is 16.3. The van der Waals surface area contributed by atoms with Crippen LogP contribution in [0, 0.1) is 0 Å². The summed E-state index contributed by atoms with van der Waals surface area (Å²) in [4.78, 5) is 4.08. The van der Waals surface area contributed by atoms with E-state index in [9.17, 15) is 0 Å². The summed E-state index contributed by atoms with van der Waals surface area (Å²) in [5.74, 6) is 0.780. The number of hydrogen-bond donors (Lipinski definition) is 1. The molecule has 3 aromatic rings. The van der Waals surface area contributed by atoms with Gasteiger partial charge in [-0.15, -0.1) is 10.2 Å². The van der Waals surface area contributed by atoms with Gasteiger partial charge in [0.25, 0.3) is 0 Å². The van der Waals surface area contributed by atoms with Gasteiger partial charge in [0.05, 0.1) is 5.69 Å². The lowest BCUT2D eigenvalue weighted by Gasteiger charge is -2.02. The number of nitrogens with zero attached hydrogens (tertiary/aromatic N) is 3. The van der Waals surface area contributed by atoms with E-state index in [-0.39, 0.29) is 0 Å². The first kappa shape index (κ1) is 10.7. The Morgan fingerprint density at radius 3 is 2.89 bits per heavy atom. The highest BCUT2D eigenvalue weighted by Gasteiger charge is 2.04. The van der Waals surface area contributed by atoms with Crippen LogP contribution in [0.3, 0.4) is 0 Å². The average molecular weight is 240 g/mol. The fourth-order valence-electron chi connectivity index (χ4n) is 1.78. The van der Waals surface area contributed by atoms with Crippen LogP contribution >= 0.6 is 0 Å². The molecule has 0 atom stereocenters. The maximum absolute atomic E-state index is 5.27. The maximum Gasteiger partial charge on any atom is 0.181 e. The van der Waals surface area contributed by atoms with Gasteiger partial charge >= 0.3 is 0 Å². The normalized spacial score (nSPS) is 10.7. The number of nitrogens with one attached hydrogen (secondary N) is 1. The summed E-state index contributed by atoms with van der Waals surface area (Å²) in [6, 6.07) is 9.63. The van der Waals surface area contributed by atoms with E-state index in [0.29, 0.717) is 0 Å². The zero-order chi connectivity index (χ0) is 12.4. The van der Waals surface area contributed by atoms with Crippen molar-refractivity contribution in [3.63, 3.8) is 0 Å². The Labute approximate surface area is 104 Å². The molecule has 5 nitrogen and oxygen atoms in total. The van der Waals surface area contributed by atoms with Gasteiger partial charge in [-0.1, -0.05) is 6.07 Å². The zero-order valence-electron chi connectivity index (χ0n) is 9.92. The lowest BCUT2D eigenvalue weighted by Crippen LogP contribution is -2.00. The molecule has 2 aromatic heterocycles. The van der Waals surface area contributed by atoms with E-state index in [1.807, 2.05) is 37.3 Å². The van der Waals surface area contributed by atoms with Crippen LogP contribution in [0.2, 0.25) is 0 Å². The molecule has 2 heterocycles. The summed E-state index contributed by atoms with van der Waals surface area (Å²) >= 11 is 0. The van der Waals surface area contributed by atoms with Crippen molar-refractivity contribution in [1.82, 2.24) is 15.2 Å². The quantitative estimate of drug-likeness (QED) is 0.762. The Morgan fingerprint density at radius 1 is 1.17 bits per heavy atom. The number of rotatable bonds is 3. The van der Waals surface area contributed by atoms with Crippen LogP contribution < -0.4 is 5.32 Å². The first-order chi connectivity index (χ1) is 8.86. The largest absolute Gasteiger partial charge is 0.443 e. The SMILES string of the molecule is CCNc1ccc(-c2ccc3ncoc3c2)nn1. The third-order valence-corrected chi connectivity index (χ3v) is 2.65.